The second-order valence-electron chi connectivity index (χ2n) is 9.84. The Hall–Kier alpha value is -3.23. The van der Waals surface area contributed by atoms with Crippen molar-refractivity contribution in [2.45, 2.75) is 38.9 Å². The third-order valence-corrected chi connectivity index (χ3v) is 12.0. The number of nitrogens with one attached hydrogen (secondary N) is 2. The summed E-state index contributed by atoms with van der Waals surface area (Å²) in [5.74, 6) is -0.785. The Morgan fingerprint density at radius 3 is 2.41 bits per heavy atom. The van der Waals surface area contributed by atoms with Crippen LogP contribution in [0.1, 0.15) is 40.8 Å². The van der Waals surface area contributed by atoms with Gasteiger partial charge in [0.15, 0.2) is 14.5 Å². The van der Waals surface area contributed by atoms with Crippen molar-refractivity contribution < 1.29 is 14.0 Å². The van der Waals surface area contributed by atoms with Gasteiger partial charge >= 0.3 is 0 Å². The van der Waals surface area contributed by atoms with Gasteiger partial charge in [0, 0.05) is 11.9 Å². The molecule has 0 spiro atoms. The predicted octanol–water partition coefficient (Wildman–Crippen LogP) is 6.61. The number of halogens is 1. The zero-order chi connectivity index (χ0) is 27.2. The molecule has 1 aromatic carbocycles. The van der Waals surface area contributed by atoms with Gasteiger partial charge in [-0.25, -0.2) is 0 Å². The minimum atomic E-state index is -1.90. The molecular weight excluding hydrogens is 526 g/mol. The number of nitriles is 1. The summed E-state index contributed by atoms with van der Waals surface area (Å²) in [5.41, 5.74) is 1.79. The van der Waals surface area contributed by atoms with E-state index in [0.717, 1.165) is 11.3 Å². The van der Waals surface area contributed by atoms with Crippen LogP contribution in [-0.4, -0.2) is 38.3 Å². The first-order valence-corrected chi connectivity index (χ1v) is 15.7. The van der Waals surface area contributed by atoms with Gasteiger partial charge in [0.05, 0.1) is 45.5 Å². The zero-order valence-electron chi connectivity index (χ0n) is 21.5. The predicted molar refractivity (Wildman–Crippen MR) is 152 cm³/mol. The number of rotatable bonds is 9. The van der Waals surface area contributed by atoms with Crippen molar-refractivity contribution in [2.75, 3.05) is 28.7 Å². The summed E-state index contributed by atoms with van der Waals surface area (Å²) in [5, 5.41) is 15.3. The lowest BCUT2D eigenvalue weighted by Crippen LogP contribution is -2.42. The van der Waals surface area contributed by atoms with E-state index in [0.29, 0.717) is 33.7 Å². The Bertz CT molecular complexity index is 1300. The van der Waals surface area contributed by atoms with E-state index >= 15 is 0 Å². The van der Waals surface area contributed by atoms with Gasteiger partial charge in [-0.3, -0.25) is 19.5 Å². The number of aromatic nitrogens is 1. The van der Waals surface area contributed by atoms with E-state index in [1.165, 1.54) is 18.5 Å². The van der Waals surface area contributed by atoms with Crippen LogP contribution in [0.3, 0.4) is 0 Å². The van der Waals surface area contributed by atoms with Gasteiger partial charge in [-0.1, -0.05) is 32.4 Å². The Morgan fingerprint density at radius 1 is 1.11 bits per heavy atom. The number of hydrogen-bond acceptors (Lipinski definition) is 7. The largest absolute Gasteiger partial charge is 0.415 e. The molecule has 0 aliphatic carbocycles. The molecule has 0 atom stereocenters. The van der Waals surface area contributed by atoms with E-state index in [4.69, 9.17) is 16.0 Å². The van der Waals surface area contributed by atoms with Crippen LogP contribution in [0.4, 0.5) is 17.1 Å². The lowest BCUT2D eigenvalue weighted by Gasteiger charge is -2.36. The molecule has 11 heteroatoms. The molecule has 0 saturated carbocycles. The lowest BCUT2D eigenvalue weighted by molar-refractivity contribution is 0.102. The number of hydrogen-bond donors (Lipinski definition) is 2. The Morgan fingerprint density at radius 2 is 1.81 bits per heavy atom. The number of thiophene rings is 1. The van der Waals surface area contributed by atoms with E-state index in [2.05, 4.69) is 55.7 Å². The molecule has 2 aromatic heterocycles. The van der Waals surface area contributed by atoms with Crippen LogP contribution in [0, 0.1) is 11.5 Å². The van der Waals surface area contributed by atoms with Crippen molar-refractivity contribution in [3.8, 4) is 6.19 Å². The van der Waals surface area contributed by atoms with Crippen molar-refractivity contribution in [1.29, 1.82) is 5.26 Å². The normalized spacial score (nSPS) is 11.5. The van der Waals surface area contributed by atoms with Crippen molar-refractivity contribution >= 4 is 60.1 Å². The molecule has 2 N–H and O–H groups in total. The maximum absolute atomic E-state index is 13.0. The molecule has 0 saturated heterocycles. The summed E-state index contributed by atoms with van der Waals surface area (Å²) in [6.07, 6.45) is 5.09. The highest BCUT2D eigenvalue weighted by Gasteiger charge is 2.37. The molecule has 3 rings (SSSR count). The molecule has 0 unspecified atom stereocenters. The molecule has 37 heavy (non-hydrogen) atoms. The van der Waals surface area contributed by atoms with Crippen LogP contribution < -0.4 is 15.5 Å². The van der Waals surface area contributed by atoms with E-state index in [-0.39, 0.29) is 22.2 Å². The minimum Gasteiger partial charge on any atom is -0.415 e. The standard InChI is InChI=1S/C26H30ClN5O3SSi/c1-26(2,3)37(4,5)35-15-14-32(17-28)19-8-6-18(7-9-19)30-24(33)20-12-13-29-16-21(20)31-25(34)22-10-11-23(27)36-22/h6-13,16H,14-15H2,1-5H3,(H,30,33)(H,31,34). The molecule has 194 valence electrons. The van der Waals surface area contributed by atoms with Crippen LogP contribution >= 0.6 is 22.9 Å². The first-order chi connectivity index (χ1) is 17.4. The zero-order valence-corrected chi connectivity index (χ0v) is 24.0. The van der Waals surface area contributed by atoms with Crippen LogP contribution in [0.2, 0.25) is 22.5 Å². The molecule has 0 radical (unpaired) electrons. The average molecular weight is 556 g/mol. The highest BCUT2D eigenvalue weighted by molar-refractivity contribution is 7.18. The molecule has 0 aliphatic heterocycles. The number of pyridine rings is 1. The summed E-state index contributed by atoms with van der Waals surface area (Å²) >= 11 is 7.06. The van der Waals surface area contributed by atoms with Crippen molar-refractivity contribution in [3.05, 3.63) is 69.6 Å². The van der Waals surface area contributed by atoms with Crippen LogP contribution in [0.5, 0.6) is 0 Å². The number of benzene rings is 1. The molecule has 8 nitrogen and oxygen atoms in total. The number of amides is 2. The first kappa shape index (κ1) is 28.3. The van der Waals surface area contributed by atoms with Crippen LogP contribution in [0.25, 0.3) is 0 Å². The van der Waals surface area contributed by atoms with E-state index < -0.39 is 14.2 Å². The second-order valence-corrected chi connectivity index (χ2v) is 16.4. The van der Waals surface area contributed by atoms with Gasteiger partial charge in [0.1, 0.15) is 0 Å². The van der Waals surface area contributed by atoms with E-state index in [9.17, 15) is 14.9 Å². The number of nitrogens with zero attached hydrogens (tertiary/aromatic N) is 3. The first-order valence-electron chi connectivity index (χ1n) is 11.6. The molecule has 0 fully saturated rings. The number of carbonyl (C=O) groups excluding carboxylic acids is 2. The Balaban J connectivity index is 1.63. The quantitative estimate of drug-likeness (QED) is 0.175. The van der Waals surface area contributed by atoms with Crippen LogP contribution in [-0.2, 0) is 4.43 Å². The van der Waals surface area contributed by atoms with E-state index in [1.807, 2.05) is 0 Å². The molecular formula is C26H30ClN5O3SSi. The highest BCUT2D eigenvalue weighted by Crippen LogP contribution is 2.36. The summed E-state index contributed by atoms with van der Waals surface area (Å²) in [7, 11) is -1.90. The summed E-state index contributed by atoms with van der Waals surface area (Å²) in [4.78, 5) is 31.5. The van der Waals surface area contributed by atoms with Gasteiger partial charge in [-0.2, -0.15) is 5.26 Å². The third-order valence-electron chi connectivity index (χ3n) is 6.25. The summed E-state index contributed by atoms with van der Waals surface area (Å²) in [6.45, 7) is 11.8. The van der Waals surface area contributed by atoms with Crippen molar-refractivity contribution in [3.63, 3.8) is 0 Å². The molecule has 2 heterocycles. The second kappa shape index (κ2) is 11.9. The Kier molecular flexibility index (Phi) is 9.10. The topological polar surface area (TPSA) is 107 Å². The lowest BCUT2D eigenvalue weighted by atomic mass is 10.2. The van der Waals surface area contributed by atoms with Crippen molar-refractivity contribution in [1.82, 2.24) is 4.98 Å². The van der Waals surface area contributed by atoms with Crippen molar-refractivity contribution in [2.24, 2.45) is 0 Å². The molecule has 0 bridgehead atoms. The Labute approximate surface area is 227 Å². The average Bonchev–Trinajstić information content (AvgIpc) is 3.28. The fourth-order valence-corrected chi connectivity index (χ4v) is 5.05. The minimum absolute atomic E-state index is 0.0967. The maximum Gasteiger partial charge on any atom is 0.265 e. The summed E-state index contributed by atoms with van der Waals surface area (Å²) < 4.78 is 6.69. The van der Waals surface area contributed by atoms with Gasteiger partial charge < -0.3 is 15.1 Å². The SMILES string of the molecule is CC(C)(C)[Si](C)(C)OCCN(C#N)c1ccc(NC(=O)c2ccncc2NC(=O)c2ccc(Cl)s2)cc1. The smallest absolute Gasteiger partial charge is 0.265 e. The number of anilines is 3. The molecule has 0 aliphatic rings. The fourth-order valence-electron chi connectivity index (χ4n) is 3.08. The van der Waals surface area contributed by atoms with Gasteiger partial charge in [-0.15, -0.1) is 11.3 Å². The monoisotopic (exact) mass is 555 g/mol. The van der Waals surface area contributed by atoms with Gasteiger partial charge in [0.25, 0.3) is 11.8 Å². The highest BCUT2D eigenvalue weighted by atomic mass is 35.5. The molecule has 3 aromatic rings. The van der Waals surface area contributed by atoms with Gasteiger partial charge in [-0.05, 0) is 60.6 Å². The van der Waals surface area contributed by atoms with Crippen LogP contribution in [0.15, 0.2) is 54.9 Å². The molecule has 2 amide bonds. The van der Waals surface area contributed by atoms with Gasteiger partial charge in [0.2, 0.25) is 0 Å². The fraction of sp³-hybridized carbons (Fsp3) is 0.308. The third kappa shape index (κ3) is 7.39. The number of carbonyl (C=O) groups is 2. The maximum atomic E-state index is 13.0. The summed E-state index contributed by atoms with van der Waals surface area (Å²) in [6, 6.07) is 11.8. The van der Waals surface area contributed by atoms with E-state index in [1.54, 1.807) is 41.3 Å².